The second-order valence-electron chi connectivity index (χ2n) is 5.76. The number of methoxy groups -OCH3 is 1. The maximum Gasteiger partial charge on any atom is 0.255 e. The first-order chi connectivity index (χ1) is 10.1. The van der Waals surface area contributed by atoms with Crippen LogP contribution in [0.15, 0.2) is 18.2 Å². The molecule has 0 saturated heterocycles. The van der Waals surface area contributed by atoms with Crippen LogP contribution in [0.4, 0.5) is 0 Å². The maximum atomic E-state index is 12.3. The first kappa shape index (κ1) is 16.1. The van der Waals surface area contributed by atoms with Crippen LogP contribution in [-0.4, -0.2) is 30.0 Å². The minimum Gasteiger partial charge on any atom is -0.507 e. The lowest BCUT2D eigenvalue weighted by molar-refractivity contribution is 0.0919. The first-order valence-electron chi connectivity index (χ1n) is 7.31. The number of hydrogen-bond acceptors (Lipinski definition) is 3. The third kappa shape index (κ3) is 3.90. The average molecular weight is 356 g/mol. The quantitative estimate of drug-likeness (QED) is 0.795. The summed E-state index contributed by atoms with van der Waals surface area (Å²) < 4.78 is 5.10. The molecule has 2 N–H and O–H groups in total. The van der Waals surface area contributed by atoms with Gasteiger partial charge in [-0.05, 0) is 36.5 Å². The largest absolute Gasteiger partial charge is 0.507 e. The fourth-order valence-electron chi connectivity index (χ4n) is 2.85. The number of halogens is 1. The Kier molecular flexibility index (Phi) is 5.51. The molecule has 1 fully saturated rings. The molecule has 1 saturated carbocycles. The fraction of sp³-hybridized carbons (Fsp3) is 0.562. The fourth-order valence-corrected chi connectivity index (χ4v) is 3.61. The average Bonchev–Trinajstić information content (AvgIpc) is 2.54. The van der Waals surface area contributed by atoms with Crippen molar-refractivity contribution in [1.82, 2.24) is 5.32 Å². The van der Waals surface area contributed by atoms with Crippen LogP contribution >= 0.6 is 15.9 Å². The van der Waals surface area contributed by atoms with Crippen molar-refractivity contribution in [3.8, 4) is 11.5 Å². The number of phenols is 1. The van der Waals surface area contributed by atoms with Crippen LogP contribution in [0.5, 0.6) is 11.5 Å². The molecule has 0 aromatic heterocycles. The number of phenolic OH excluding ortho intramolecular Hbond substituents is 1. The third-order valence-corrected chi connectivity index (χ3v) is 5.46. The monoisotopic (exact) mass is 355 g/mol. The maximum absolute atomic E-state index is 12.3. The van der Waals surface area contributed by atoms with E-state index in [-0.39, 0.29) is 22.6 Å². The van der Waals surface area contributed by atoms with E-state index in [1.165, 1.54) is 32.4 Å². The Bertz CT molecular complexity index is 498. The van der Waals surface area contributed by atoms with E-state index in [0.717, 1.165) is 18.2 Å². The van der Waals surface area contributed by atoms with Crippen molar-refractivity contribution in [3.63, 3.8) is 0 Å². The summed E-state index contributed by atoms with van der Waals surface area (Å²) in [4.78, 5) is 12.3. The van der Waals surface area contributed by atoms with E-state index < -0.39 is 0 Å². The number of ether oxygens (including phenoxy) is 1. The van der Waals surface area contributed by atoms with Crippen molar-refractivity contribution in [2.45, 2.75) is 32.1 Å². The van der Waals surface area contributed by atoms with Gasteiger partial charge in [0, 0.05) is 11.9 Å². The van der Waals surface area contributed by atoms with Crippen LogP contribution in [0, 0.1) is 5.41 Å². The van der Waals surface area contributed by atoms with Gasteiger partial charge >= 0.3 is 0 Å². The Morgan fingerprint density at radius 1 is 1.38 bits per heavy atom. The van der Waals surface area contributed by atoms with Crippen LogP contribution in [0.1, 0.15) is 42.5 Å². The molecule has 0 atom stereocenters. The van der Waals surface area contributed by atoms with Crippen LogP contribution < -0.4 is 10.1 Å². The number of benzene rings is 1. The summed E-state index contributed by atoms with van der Waals surface area (Å²) in [5, 5.41) is 13.7. The van der Waals surface area contributed by atoms with Gasteiger partial charge in [0.15, 0.2) is 0 Å². The van der Waals surface area contributed by atoms with Gasteiger partial charge < -0.3 is 15.2 Å². The van der Waals surface area contributed by atoms with Gasteiger partial charge in [0.05, 0.1) is 12.7 Å². The predicted octanol–water partition coefficient (Wildman–Crippen LogP) is 3.48. The molecule has 0 spiro atoms. The summed E-state index contributed by atoms with van der Waals surface area (Å²) in [6.45, 7) is 0.633. The highest BCUT2D eigenvalue weighted by atomic mass is 79.9. The topological polar surface area (TPSA) is 58.6 Å². The Morgan fingerprint density at radius 2 is 2.10 bits per heavy atom. The van der Waals surface area contributed by atoms with Crippen molar-refractivity contribution in [3.05, 3.63) is 23.8 Å². The van der Waals surface area contributed by atoms with Gasteiger partial charge in [0.2, 0.25) is 0 Å². The highest BCUT2D eigenvalue weighted by molar-refractivity contribution is 9.09. The Hall–Kier alpha value is -1.23. The molecule has 1 aromatic rings. The zero-order chi connectivity index (χ0) is 15.3. The molecule has 5 heteroatoms. The molecule has 0 unspecified atom stereocenters. The summed E-state index contributed by atoms with van der Waals surface area (Å²) in [7, 11) is 1.54. The summed E-state index contributed by atoms with van der Waals surface area (Å²) in [6.07, 6.45) is 5.96. The number of hydrogen-bond donors (Lipinski definition) is 2. The minimum absolute atomic E-state index is 0.0233. The zero-order valence-corrected chi connectivity index (χ0v) is 13.9. The lowest BCUT2D eigenvalue weighted by Crippen LogP contribution is -2.40. The molecule has 0 radical (unpaired) electrons. The lowest BCUT2D eigenvalue weighted by atomic mass is 9.75. The van der Waals surface area contributed by atoms with Gasteiger partial charge in [-0.2, -0.15) is 0 Å². The molecule has 1 aliphatic rings. The number of aromatic hydroxyl groups is 1. The third-order valence-electron chi connectivity index (χ3n) is 4.27. The molecule has 0 bridgehead atoms. The first-order valence-corrected chi connectivity index (χ1v) is 8.43. The number of nitrogens with one attached hydrogen (secondary N) is 1. The van der Waals surface area contributed by atoms with Gasteiger partial charge in [-0.1, -0.05) is 35.2 Å². The molecule has 4 nitrogen and oxygen atoms in total. The van der Waals surface area contributed by atoms with Crippen molar-refractivity contribution in [2.75, 3.05) is 19.0 Å². The standard InChI is InChI=1S/C16H22BrNO3/c1-21-12-5-6-14(19)13(9-12)15(20)18-11-16(10-17)7-3-2-4-8-16/h5-6,9,19H,2-4,7-8,10-11H2,1H3,(H,18,20). The van der Waals surface area contributed by atoms with E-state index in [2.05, 4.69) is 21.2 Å². The van der Waals surface area contributed by atoms with Gasteiger partial charge in [0.1, 0.15) is 11.5 Å². The van der Waals surface area contributed by atoms with Gasteiger partial charge in [0.25, 0.3) is 5.91 Å². The van der Waals surface area contributed by atoms with E-state index >= 15 is 0 Å². The number of carbonyl (C=O) groups is 1. The molecule has 0 heterocycles. The van der Waals surface area contributed by atoms with Crippen molar-refractivity contribution in [2.24, 2.45) is 5.41 Å². The molecule has 116 valence electrons. The van der Waals surface area contributed by atoms with E-state index in [4.69, 9.17) is 4.74 Å². The second-order valence-corrected chi connectivity index (χ2v) is 6.32. The highest BCUT2D eigenvalue weighted by Crippen LogP contribution is 2.37. The molecule has 1 amide bonds. The summed E-state index contributed by atoms with van der Waals surface area (Å²) in [5.74, 6) is 0.285. The van der Waals surface area contributed by atoms with Crippen molar-refractivity contribution < 1.29 is 14.6 Å². The van der Waals surface area contributed by atoms with Crippen LogP contribution in [0.25, 0.3) is 0 Å². The molecule has 0 aliphatic heterocycles. The number of carbonyl (C=O) groups excluding carboxylic acids is 1. The van der Waals surface area contributed by atoms with E-state index in [0.29, 0.717) is 12.3 Å². The molecule has 1 aromatic carbocycles. The Morgan fingerprint density at radius 3 is 2.71 bits per heavy atom. The molecular weight excluding hydrogens is 334 g/mol. The van der Waals surface area contributed by atoms with E-state index in [1.807, 2.05) is 0 Å². The van der Waals surface area contributed by atoms with E-state index in [9.17, 15) is 9.90 Å². The summed E-state index contributed by atoms with van der Waals surface area (Å²) >= 11 is 3.59. The Labute approximate surface area is 134 Å². The number of rotatable bonds is 5. The summed E-state index contributed by atoms with van der Waals surface area (Å²) in [6, 6.07) is 4.67. The SMILES string of the molecule is COc1ccc(O)c(C(=O)NCC2(CBr)CCCCC2)c1. The lowest BCUT2D eigenvalue weighted by Gasteiger charge is -2.35. The Balaban J connectivity index is 2.04. The van der Waals surface area contributed by atoms with Gasteiger partial charge in [-0.25, -0.2) is 0 Å². The molecule has 2 rings (SSSR count). The highest BCUT2D eigenvalue weighted by Gasteiger charge is 2.31. The zero-order valence-electron chi connectivity index (χ0n) is 12.3. The number of amides is 1. The summed E-state index contributed by atoms with van der Waals surface area (Å²) in [5.41, 5.74) is 0.400. The molecule has 1 aliphatic carbocycles. The van der Waals surface area contributed by atoms with Crippen LogP contribution in [0.2, 0.25) is 0 Å². The second kappa shape index (κ2) is 7.16. The molecular formula is C16H22BrNO3. The minimum atomic E-state index is -0.253. The van der Waals surface area contributed by atoms with E-state index in [1.54, 1.807) is 12.1 Å². The number of alkyl halides is 1. The van der Waals surface area contributed by atoms with Crippen LogP contribution in [0.3, 0.4) is 0 Å². The normalized spacial score (nSPS) is 17.2. The predicted molar refractivity (Wildman–Crippen MR) is 86.3 cm³/mol. The smallest absolute Gasteiger partial charge is 0.255 e. The molecule has 21 heavy (non-hydrogen) atoms. The van der Waals surface area contributed by atoms with Crippen molar-refractivity contribution in [1.29, 1.82) is 0 Å². The van der Waals surface area contributed by atoms with Gasteiger partial charge in [-0.15, -0.1) is 0 Å². The van der Waals surface area contributed by atoms with Crippen LogP contribution in [-0.2, 0) is 0 Å². The van der Waals surface area contributed by atoms with Gasteiger partial charge in [-0.3, -0.25) is 4.79 Å². The van der Waals surface area contributed by atoms with Crippen molar-refractivity contribution >= 4 is 21.8 Å².